The van der Waals surface area contributed by atoms with Gasteiger partial charge in [-0.25, -0.2) is 4.68 Å². The molecule has 0 amide bonds. The molecule has 4 rings (SSSR count). The molecule has 0 aliphatic carbocycles. The van der Waals surface area contributed by atoms with Gasteiger partial charge in [0.2, 0.25) is 0 Å². The fourth-order valence-corrected chi connectivity index (χ4v) is 4.75. The van der Waals surface area contributed by atoms with E-state index in [1.807, 2.05) is 11.3 Å². The van der Waals surface area contributed by atoms with Crippen LogP contribution < -0.4 is 10.6 Å². The third-order valence-electron chi connectivity index (χ3n) is 5.13. The van der Waals surface area contributed by atoms with Crippen molar-refractivity contribution in [1.82, 2.24) is 20.0 Å². The number of nitrogens with one attached hydrogen (secondary N) is 2. The number of aromatic nitrogens is 2. The van der Waals surface area contributed by atoms with Gasteiger partial charge in [0.05, 0.1) is 11.7 Å². The van der Waals surface area contributed by atoms with Crippen molar-refractivity contribution in [3.05, 3.63) is 34.2 Å². The number of hydrogen-bond donors (Lipinski definition) is 2. The summed E-state index contributed by atoms with van der Waals surface area (Å²) in [4.78, 5) is 4.14. The maximum atomic E-state index is 4.57. The van der Waals surface area contributed by atoms with Gasteiger partial charge >= 0.3 is 0 Å². The molecular weight excluding hydrogens is 318 g/mol. The second kappa shape index (κ2) is 7.25. The maximum Gasteiger partial charge on any atom is 0.124 e. The molecular formula is C18H27N5S. The van der Waals surface area contributed by atoms with Gasteiger partial charge in [0.25, 0.3) is 0 Å². The van der Waals surface area contributed by atoms with Crippen LogP contribution in [0.2, 0.25) is 0 Å². The third-order valence-corrected chi connectivity index (χ3v) is 6.10. The Hall–Kier alpha value is -1.37. The van der Waals surface area contributed by atoms with E-state index < -0.39 is 0 Å². The highest BCUT2D eigenvalue weighted by molar-refractivity contribution is 7.10. The Balaban J connectivity index is 1.32. The smallest absolute Gasteiger partial charge is 0.124 e. The predicted octanol–water partition coefficient (Wildman–Crippen LogP) is 2.72. The molecule has 5 nitrogen and oxygen atoms in total. The summed E-state index contributed by atoms with van der Waals surface area (Å²) in [6.07, 6.45) is 2.69. The molecule has 2 atom stereocenters. The first-order valence-corrected chi connectivity index (χ1v) is 9.94. The standard InChI is InChI=1S/C18H27N5S/c1-14-9-18-20-11-15(13-23(18)21-14)10-19-12-16(17-5-4-8-24-17)22-6-2-3-7-22/h4-5,8-9,15-16,19-20H,2-3,6-7,10-13H2,1H3/t15-,16-/m0/s1. The van der Waals surface area contributed by atoms with Crippen molar-refractivity contribution in [2.75, 3.05) is 38.0 Å². The molecule has 2 aliphatic rings. The molecule has 0 bridgehead atoms. The molecule has 1 saturated heterocycles. The highest BCUT2D eigenvalue weighted by atomic mass is 32.1. The van der Waals surface area contributed by atoms with E-state index in [-0.39, 0.29) is 0 Å². The summed E-state index contributed by atoms with van der Waals surface area (Å²) in [5, 5.41) is 14.0. The molecule has 130 valence electrons. The number of likely N-dealkylation sites (tertiary alicyclic amines) is 1. The van der Waals surface area contributed by atoms with Crippen molar-refractivity contribution in [2.24, 2.45) is 5.92 Å². The van der Waals surface area contributed by atoms with Crippen LogP contribution in [0.3, 0.4) is 0 Å². The number of nitrogens with zero attached hydrogens (tertiary/aromatic N) is 3. The summed E-state index contributed by atoms with van der Waals surface area (Å²) < 4.78 is 2.11. The van der Waals surface area contributed by atoms with Crippen LogP contribution in [-0.2, 0) is 6.54 Å². The van der Waals surface area contributed by atoms with Crippen molar-refractivity contribution in [1.29, 1.82) is 0 Å². The van der Waals surface area contributed by atoms with Crippen LogP contribution in [0.15, 0.2) is 23.6 Å². The van der Waals surface area contributed by atoms with Gasteiger partial charge in [-0.1, -0.05) is 6.07 Å². The molecule has 2 N–H and O–H groups in total. The minimum atomic E-state index is 0.534. The molecule has 0 radical (unpaired) electrons. The summed E-state index contributed by atoms with van der Waals surface area (Å²) in [6.45, 7) is 8.67. The summed E-state index contributed by atoms with van der Waals surface area (Å²) >= 11 is 1.89. The Labute approximate surface area is 148 Å². The summed E-state index contributed by atoms with van der Waals surface area (Å²) in [5.74, 6) is 1.76. The zero-order chi connectivity index (χ0) is 16.4. The maximum absolute atomic E-state index is 4.57. The Morgan fingerprint density at radius 1 is 1.42 bits per heavy atom. The van der Waals surface area contributed by atoms with E-state index >= 15 is 0 Å². The zero-order valence-electron chi connectivity index (χ0n) is 14.4. The first kappa shape index (κ1) is 16.1. The minimum absolute atomic E-state index is 0.534. The molecule has 0 unspecified atom stereocenters. The van der Waals surface area contributed by atoms with E-state index in [1.54, 1.807) is 0 Å². The van der Waals surface area contributed by atoms with Crippen LogP contribution in [-0.4, -0.2) is 47.4 Å². The number of aryl methyl sites for hydroxylation is 1. The van der Waals surface area contributed by atoms with Crippen LogP contribution in [0.4, 0.5) is 5.82 Å². The lowest BCUT2D eigenvalue weighted by atomic mass is 10.1. The van der Waals surface area contributed by atoms with E-state index in [0.29, 0.717) is 12.0 Å². The minimum Gasteiger partial charge on any atom is -0.370 e. The van der Waals surface area contributed by atoms with Crippen molar-refractivity contribution >= 4 is 17.2 Å². The van der Waals surface area contributed by atoms with E-state index in [9.17, 15) is 0 Å². The van der Waals surface area contributed by atoms with E-state index in [0.717, 1.165) is 37.7 Å². The largest absolute Gasteiger partial charge is 0.370 e. The van der Waals surface area contributed by atoms with Crippen LogP contribution in [0.5, 0.6) is 0 Å². The van der Waals surface area contributed by atoms with E-state index in [1.165, 1.54) is 30.8 Å². The molecule has 2 aromatic heterocycles. The third kappa shape index (κ3) is 3.50. The highest BCUT2D eigenvalue weighted by Crippen LogP contribution is 2.28. The Morgan fingerprint density at radius 2 is 2.29 bits per heavy atom. The molecule has 1 fully saturated rings. The second-order valence-corrected chi connectivity index (χ2v) is 8.01. The molecule has 4 heterocycles. The summed E-state index contributed by atoms with van der Waals surface area (Å²) in [7, 11) is 0. The Kier molecular flexibility index (Phi) is 4.87. The van der Waals surface area contributed by atoms with Crippen LogP contribution in [0.25, 0.3) is 0 Å². The number of fused-ring (bicyclic) bond motifs is 1. The normalized spacial score (nSPS) is 22.3. The van der Waals surface area contributed by atoms with Crippen molar-refractivity contribution in [3.63, 3.8) is 0 Å². The summed E-state index contributed by atoms with van der Waals surface area (Å²) in [6, 6.07) is 7.13. The van der Waals surface area contributed by atoms with Crippen molar-refractivity contribution in [3.8, 4) is 0 Å². The van der Waals surface area contributed by atoms with Crippen LogP contribution >= 0.6 is 11.3 Å². The van der Waals surface area contributed by atoms with Gasteiger partial charge in [-0.2, -0.15) is 5.10 Å². The lowest BCUT2D eigenvalue weighted by Gasteiger charge is -2.29. The van der Waals surface area contributed by atoms with Gasteiger partial charge in [-0.15, -0.1) is 11.3 Å². The first-order valence-electron chi connectivity index (χ1n) is 9.06. The lowest BCUT2D eigenvalue weighted by molar-refractivity contribution is 0.237. The average molecular weight is 346 g/mol. The molecule has 2 aromatic rings. The highest BCUT2D eigenvalue weighted by Gasteiger charge is 2.25. The second-order valence-electron chi connectivity index (χ2n) is 7.03. The zero-order valence-corrected chi connectivity index (χ0v) is 15.2. The van der Waals surface area contributed by atoms with Crippen LogP contribution in [0, 0.1) is 12.8 Å². The van der Waals surface area contributed by atoms with Gasteiger partial charge in [-0.3, -0.25) is 4.90 Å². The first-order chi connectivity index (χ1) is 11.8. The molecule has 24 heavy (non-hydrogen) atoms. The van der Waals surface area contributed by atoms with E-state index in [4.69, 9.17) is 0 Å². The van der Waals surface area contributed by atoms with Gasteiger partial charge in [0.1, 0.15) is 5.82 Å². The SMILES string of the molecule is Cc1cc2n(n1)C[C@@H](CNC[C@@H](c1cccs1)N1CCCC1)CN2. The monoisotopic (exact) mass is 345 g/mol. The number of hydrogen-bond acceptors (Lipinski definition) is 5. The van der Waals surface area contributed by atoms with Gasteiger partial charge in [-0.05, 0) is 44.3 Å². The van der Waals surface area contributed by atoms with Gasteiger partial charge in [0, 0.05) is 43.0 Å². The number of thiophene rings is 1. The van der Waals surface area contributed by atoms with Crippen LogP contribution in [0.1, 0.15) is 29.5 Å². The summed E-state index contributed by atoms with van der Waals surface area (Å²) in [5.41, 5.74) is 1.10. The molecule has 6 heteroatoms. The molecule has 2 aliphatic heterocycles. The quantitative estimate of drug-likeness (QED) is 0.845. The average Bonchev–Trinajstić information content (AvgIpc) is 3.32. The van der Waals surface area contributed by atoms with Crippen molar-refractivity contribution < 1.29 is 0 Å². The fraction of sp³-hybridized carbons (Fsp3) is 0.611. The lowest BCUT2D eigenvalue weighted by Crippen LogP contribution is -2.39. The molecule has 0 spiro atoms. The fourth-order valence-electron chi connectivity index (χ4n) is 3.89. The Morgan fingerprint density at radius 3 is 3.08 bits per heavy atom. The van der Waals surface area contributed by atoms with Crippen molar-refractivity contribution in [2.45, 2.75) is 32.4 Å². The number of anilines is 1. The predicted molar refractivity (Wildman–Crippen MR) is 99.7 cm³/mol. The van der Waals surface area contributed by atoms with E-state index in [2.05, 4.69) is 55.8 Å². The molecule has 0 aromatic carbocycles. The van der Waals surface area contributed by atoms with Gasteiger partial charge in [0.15, 0.2) is 0 Å². The molecule has 0 saturated carbocycles. The Bertz CT molecular complexity index is 644. The topological polar surface area (TPSA) is 45.1 Å². The number of rotatable bonds is 6. The van der Waals surface area contributed by atoms with Gasteiger partial charge < -0.3 is 10.6 Å².